The lowest BCUT2D eigenvalue weighted by Gasteiger charge is -2.46. The van der Waals surface area contributed by atoms with Crippen LogP contribution in [0.15, 0.2) is 109 Å². The van der Waals surface area contributed by atoms with E-state index in [1.54, 1.807) is 0 Å². The fraction of sp³-hybridized carbons (Fsp3) is 0.759. The molecule has 0 aromatic heterocycles. The van der Waals surface area contributed by atoms with E-state index in [0.29, 0.717) is 19.3 Å². The molecule has 2 aliphatic heterocycles. The fourth-order valence-corrected chi connectivity index (χ4v) is 11.8. The van der Waals surface area contributed by atoms with Crippen molar-refractivity contribution in [2.24, 2.45) is 0 Å². The molecule has 2 saturated heterocycles. The third-order valence-electron chi connectivity index (χ3n) is 17.8. The Balaban J connectivity index is 1.64. The first-order valence-corrected chi connectivity index (χ1v) is 37.6. The van der Waals surface area contributed by atoms with Crippen molar-refractivity contribution < 1.29 is 64.6 Å². The van der Waals surface area contributed by atoms with Crippen molar-refractivity contribution in [1.29, 1.82) is 0 Å². The van der Waals surface area contributed by atoms with E-state index in [0.717, 1.165) is 109 Å². The minimum atomic E-state index is -1.79. The van der Waals surface area contributed by atoms with Crippen molar-refractivity contribution >= 4 is 5.91 Å². The average Bonchev–Trinajstić information content (AvgIpc) is 0.852. The molecule has 0 aromatic rings. The van der Waals surface area contributed by atoms with E-state index in [1.165, 1.54) is 148 Å². The molecule has 93 heavy (non-hydrogen) atoms. The van der Waals surface area contributed by atoms with Gasteiger partial charge in [-0.15, -0.1) is 0 Å². The van der Waals surface area contributed by atoms with E-state index >= 15 is 0 Å². The van der Waals surface area contributed by atoms with Crippen LogP contribution in [0, 0.1) is 0 Å². The third-order valence-corrected chi connectivity index (χ3v) is 17.8. The van der Waals surface area contributed by atoms with E-state index in [1.807, 2.05) is 0 Å². The molecule has 14 heteroatoms. The summed E-state index contributed by atoms with van der Waals surface area (Å²) in [6.45, 7) is 2.77. The van der Waals surface area contributed by atoms with Gasteiger partial charge in [-0.1, -0.05) is 309 Å². The maximum atomic E-state index is 13.4. The van der Waals surface area contributed by atoms with E-state index in [2.05, 4.69) is 129 Å². The van der Waals surface area contributed by atoms with Crippen molar-refractivity contribution in [3.05, 3.63) is 109 Å². The molecule has 12 unspecified atom stereocenters. The number of carbonyl (C=O) groups is 1. The molecule has 0 bridgehead atoms. The van der Waals surface area contributed by atoms with Crippen LogP contribution in [0.2, 0.25) is 0 Å². The molecule has 12 atom stereocenters. The van der Waals surface area contributed by atoms with Crippen molar-refractivity contribution in [1.82, 2.24) is 5.32 Å². The van der Waals surface area contributed by atoms with Gasteiger partial charge in [-0.05, 0) is 83.5 Å². The summed E-state index contributed by atoms with van der Waals surface area (Å²) < 4.78 is 22.9. The predicted octanol–water partition coefficient (Wildman–Crippen LogP) is 16.3. The summed E-state index contributed by atoms with van der Waals surface area (Å²) in [5, 5.41) is 87.7. The number of rotatable bonds is 61. The number of hydrogen-bond acceptors (Lipinski definition) is 13. The van der Waals surface area contributed by atoms with Crippen LogP contribution in [-0.2, 0) is 23.7 Å². The van der Waals surface area contributed by atoms with Gasteiger partial charge in [0.05, 0.1) is 32.0 Å². The molecule has 0 radical (unpaired) electrons. The number of unbranched alkanes of at least 4 members (excludes halogenated alkanes) is 30. The van der Waals surface area contributed by atoms with Gasteiger partial charge in [0.2, 0.25) is 5.91 Å². The molecular weight excluding hydrogens is 1170 g/mol. The van der Waals surface area contributed by atoms with Crippen LogP contribution < -0.4 is 5.32 Å². The van der Waals surface area contributed by atoms with Gasteiger partial charge in [0.1, 0.15) is 48.8 Å². The number of hydrogen-bond donors (Lipinski definition) is 9. The van der Waals surface area contributed by atoms with Crippen LogP contribution in [-0.4, -0.2) is 140 Å². The normalized spacial score (nSPS) is 23.2. The lowest BCUT2D eigenvalue weighted by molar-refractivity contribution is -0.359. The Labute approximate surface area is 566 Å². The number of allylic oxidation sites excluding steroid dienone is 18. The number of ether oxygens (including phenoxy) is 4. The van der Waals surface area contributed by atoms with Gasteiger partial charge in [0, 0.05) is 6.42 Å². The fourth-order valence-electron chi connectivity index (χ4n) is 11.8. The summed E-state index contributed by atoms with van der Waals surface area (Å²) in [5.41, 5.74) is 0. The summed E-state index contributed by atoms with van der Waals surface area (Å²) >= 11 is 0. The van der Waals surface area contributed by atoms with E-state index < -0.39 is 86.8 Å². The van der Waals surface area contributed by atoms with E-state index in [-0.39, 0.29) is 12.5 Å². The minimum absolute atomic E-state index is 0.214. The molecule has 0 saturated carbocycles. The quantitative estimate of drug-likeness (QED) is 0.0204. The maximum absolute atomic E-state index is 13.4. The highest BCUT2D eigenvalue weighted by Gasteiger charge is 2.51. The second-order valence-corrected chi connectivity index (χ2v) is 26.0. The first kappa shape index (κ1) is 85.7. The van der Waals surface area contributed by atoms with Crippen LogP contribution in [0.25, 0.3) is 0 Å². The Kier molecular flexibility index (Phi) is 57.3. The van der Waals surface area contributed by atoms with Gasteiger partial charge in [-0.25, -0.2) is 0 Å². The number of amides is 1. The number of carbonyl (C=O) groups excluding carboxylic acids is 1. The highest BCUT2D eigenvalue weighted by atomic mass is 16.7. The zero-order valence-corrected chi connectivity index (χ0v) is 58.5. The second-order valence-electron chi connectivity index (χ2n) is 26.0. The number of aliphatic hydroxyl groups excluding tert-OH is 8. The summed E-state index contributed by atoms with van der Waals surface area (Å²) in [7, 11) is 0. The Morgan fingerprint density at radius 2 is 0.742 bits per heavy atom. The van der Waals surface area contributed by atoms with Gasteiger partial charge >= 0.3 is 0 Å². The standard InChI is InChI=1S/C79H137NO13/c1-3-5-7-9-11-13-15-17-19-21-23-25-27-28-29-30-31-32-33-34-35-36-37-38-39-40-41-43-45-47-49-51-53-55-57-59-61-63-71(84)80-67(66-90-78-76(89)74(87)77(70(65-82)92-78)93-79-75(88)73(86)72(85)69(64-81)91-79)68(83)62-60-58-56-54-52-50-48-46-44-42-26-24-22-20-18-16-14-12-10-8-6-4-2/h5,7,11,13,17,19,23,25,28-29,31-32,34-35,37-38,40-41,67-70,72-79,81-83,85-89H,3-4,6,8-10,12,14-16,18,20-22,24,26-27,30,33,36,39,42-66H2,1-2H3,(H,80,84)/b7-5-,13-11-,19-17-,25-23-,29-28-,32-31-,35-34-,38-37-,41-40-. The smallest absolute Gasteiger partial charge is 0.220 e. The van der Waals surface area contributed by atoms with Crippen molar-refractivity contribution in [3.8, 4) is 0 Å². The SMILES string of the molecule is CC/C=C\C/C=C\C/C=C\C/C=C\C/C=C\C/C=C\C/C=C\C/C=C\C/C=C\CCCCCCCCCCCC(=O)NC(COC1OC(CO)C(OC2OC(CO)C(O)C(O)C2O)C(O)C1O)C(O)CCCCCCCCCCCCCCCCCCCCCCCC. The summed E-state index contributed by atoms with van der Waals surface area (Å²) in [5.74, 6) is -0.214. The first-order chi connectivity index (χ1) is 45.6. The number of nitrogens with one attached hydrogen (secondary N) is 1. The lowest BCUT2D eigenvalue weighted by Crippen LogP contribution is -2.65. The second kappa shape index (κ2) is 62.2. The van der Waals surface area contributed by atoms with Crippen LogP contribution in [0.3, 0.4) is 0 Å². The zero-order chi connectivity index (χ0) is 67.3. The Morgan fingerprint density at radius 3 is 1.14 bits per heavy atom. The highest BCUT2D eigenvalue weighted by molar-refractivity contribution is 5.76. The summed E-state index contributed by atoms with van der Waals surface area (Å²) in [6.07, 6.45) is 72.4. The molecule has 9 N–H and O–H groups in total. The first-order valence-electron chi connectivity index (χ1n) is 37.6. The average molecular weight is 1310 g/mol. The van der Waals surface area contributed by atoms with Gasteiger partial charge in [-0.3, -0.25) is 4.79 Å². The van der Waals surface area contributed by atoms with E-state index in [4.69, 9.17) is 18.9 Å². The van der Waals surface area contributed by atoms with Crippen LogP contribution in [0.4, 0.5) is 0 Å². The molecule has 1 amide bonds. The lowest BCUT2D eigenvalue weighted by atomic mass is 9.97. The van der Waals surface area contributed by atoms with Crippen LogP contribution in [0.5, 0.6) is 0 Å². The van der Waals surface area contributed by atoms with Crippen LogP contribution in [0.1, 0.15) is 290 Å². The van der Waals surface area contributed by atoms with Crippen molar-refractivity contribution in [3.63, 3.8) is 0 Å². The zero-order valence-electron chi connectivity index (χ0n) is 58.5. The van der Waals surface area contributed by atoms with Gasteiger partial charge in [0.15, 0.2) is 12.6 Å². The van der Waals surface area contributed by atoms with Gasteiger partial charge in [-0.2, -0.15) is 0 Å². The minimum Gasteiger partial charge on any atom is -0.394 e. The van der Waals surface area contributed by atoms with Crippen molar-refractivity contribution in [2.75, 3.05) is 19.8 Å². The Bertz CT molecular complexity index is 1980. The summed E-state index contributed by atoms with van der Waals surface area (Å²) in [6, 6.07) is -0.841. The van der Waals surface area contributed by atoms with Crippen molar-refractivity contribution in [2.45, 2.75) is 364 Å². The van der Waals surface area contributed by atoms with Gasteiger partial charge in [0.25, 0.3) is 0 Å². The molecule has 2 rings (SSSR count). The monoisotopic (exact) mass is 1310 g/mol. The molecule has 2 fully saturated rings. The molecule has 536 valence electrons. The number of aliphatic hydroxyl groups is 8. The topological polar surface area (TPSA) is 228 Å². The maximum Gasteiger partial charge on any atom is 0.220 e. The molecular formula is C79H137NO13. The Morgan fingerprint density at radius 1 is 0.398 bits per heavy atom. The largest absolute Gasteiger partial charge is 0.394 e. The third kappa shape index (κ3) is 45.7. The van der Waals surface area contributed by atoms with Crippen LogP contribution >= 0.6 is 0 Å². The molecule has 0 spiro atoms. The molecule has 0 aliphatic carbocycles. The molecule has 2 heterocycles. The van der Waals surface area contributed by atoms with Gasteiger partial charge < -0.3 is 65.1 Å². The molecule has 2 aliphatic rings. The van der Waals surface area contributed by atoms with E-state index in [9.17, 15) is 45.6 Å². The summed E-state index contributed by atoms with van der Waals surface area (Å²) in [4.78, 5) is 13.4. The Hall–Kier alpha value is -3.35. The molecule has 14 nitrogen and oxygen atoms in total. The predicted molar refractivity (Wildman–Crippen MR) is 382 cm³/mol. The molecule has 0 aromatic carbocycles. The highest BCUT2D eigenvalue weighted by Crippen LogP contribution is 2.30.